The number of amides is 1. The van der Waals surface area contributed by atoms with Gasteiger partial charge in [-0.3, -0.25) is 14.2 Å². The molecule has 10 heteroatoms. The van der Waals surface area contributed by atoms with E-state index in [1.54, 1.807) is 6.07 Å². The molecule has 2 aromatic heterocycles. The van der Waals surface area contributed by atoms with Crippen molar-refractivity contribution in [2.45, 2.75) is 50.2 Å². The van der Waals surface area contributed by atoms with Crippen LogP contribution in [0.15, 0.2) is 12.3 Å². The van der Waals surface area contributed by atoms with E-state index in [4.69, 9.17) is 11.6 Å². The molecule has 29 heavy (non-hydrogen) atoms. The third kappa shape index (κ3) is 3.05. The van der Waals surface area contributed by atoms with Crippen molar-refractivity contribution in [1.29, 1.82) is 0 Å². The van der Waals surface area contributed by atoms with Crippen molar-refractivity contribution in [2.75, 3.05) is 5.32 Å². The summed E-state index contributed by atoms with van der Waals surface area (Å²) in [6.07, 6.45) is 4.39. The summed E-state index contributed by atoms with van der Waals surface area (Å²) in [5.74, 6) is 1.78. The highest BCUT2D eigenvalue weighted by Crippen LogP contribution is 2.58. The second kappa shape index (κ2) is 6.23. The molecule has 0 unspecified atom stereocenters. The van der Waals surface area contributed by atoms with E-state index in [2.05, 4.69) is 15.5 Å². The van der Waals surface area contributed by atoms with Gasteiger partial charge >= 0.3 is 6.18 Å². The number of carbonyl (C=O) groups excluding carboxylic acids is 1. The fraction of sp³-hybridized carbons (Fsp3) is 0.632. The highest BCUT2D eigenvalue weighted by Gasteiger charge is 2.52. The normalized spacial score (nSPS) is 30.7. The molecule has 4 bridgehead atoms. The van der Waals surface area contributed by atoms with Gasteiger partial charge in [0.25, 0.3) is 5.91 Å². The van der Waals surface area contributed by atoms with Crippen LogP contribution in [0, 0.1) is 17.8 Å². The maximum atomic E-state index is 13.0. The lowest BCUT2D eigenvalue weighted by atomic mass is 9.53. The molecule has 2 heterocycles. The Hall–Kier alpha value is -2.03. The van der Waals surface area contributed by atoms with E-state index in [9.17, 15) is 18.0 Å². The molecule has 0 aromatic carbocycles. The van der Waals surface area contributed by atoms with Gasteiger partial charge in [0.15, 0.2) is 11.5 Å². The highest BCUT2D eigenvalue weighted by molar-refractivity contribution is 6.34. The van der Waals surface area contributed by atoms with Crippen LogP contribution >= 0.6 is 11.6 Å². The van der Waals surface area contributed by atoms with Crippen LogP contribution in [0.25, 0.3) is 0 Å². The predicted octanol–water partition coefficient (Wildman–Crippen LogP) is 4.47. The first-order valence-corrected chi connectivity index (χ1v) is 10.2. The number of aryl methyl sites for hydroxylation is 1. The van der Waals surface area contributed by atoms with Crippen LogP contribution in [0.4, 0.5) is 19.0 Å². The molecule has 6 rings (SSSR count). The monoisotopic (exact) mass is 427 g/mol. The van der Waals surface area contributed by atoms with Crippen LogP contribution in [0.3, 0.4) is 0 Å². The van der Waals surface area contributed by atoms with Gasteiger partial charge in [0, 0.05) is 19.3 Å². The van der Waals surface area contributed by atoms with Crippen molar-refractivity contribution in [3.63, 3.8) is 0 Å². The summed E-state index contributed by atoms with van der Waals surface area (Å²) in [5, 5.41) is 9.78. The average Bonchev–Trinajstić information content (AvgIpc) is 3.18. The Balaban J connectivity index is 1.38. The van der Waals surface area contributed by atoms with E-state index in [1.165, 1.54) is 26.3 Å². The van der Waals surface area contributed by atoms with Crippen LogP contribution in [-0.4, -0.2) is 25.5 Å². The molecule has 4 fully saturated rings. The first-order chi connectivity index (χ1) is 13.6. The third-order valence-corrected chi connectivity index (χ3v) is 7.15. The van der Waals surface area contributed by atoms with Crippen molar-refractivity contribution in [3.8, 4) is 0 Å². The first kappa shape index (κ1) is 19.0. The Labute approximate surface area is 170 Å². The number of alkyl halides is 3. The first-order valence-electron chi connectivity index (χ1n) is 9.82. The number of hydrogen-bond acceptors (Lipinski definition) is 3. The van der Waals surface area contributed by atoms with Crippen molar-refractivity contribution < 1.29 is 18.0 Å². The van der Waals surface area contributed by atoms with Gasteiger partial charge in [-0.25, -0.2) is 0 Å². The Morgan fingerprint density at radius 2 is 1.76 bits per heavy atom. The zero-order valence-electron chi connectivity index (χ0n) is 15.8. The second-order valence-electron chi connectivity index (χ2n) is 8.87. The standard InChI is InChI=1S/C19H21ClF3N5O/c1-27-15(14(20)16(26-27)19(21,22)23)17(29)24-13-2-3-28(25-13)18-7-10-4-11(8-18)6-12(5-10)9-18/h2-3,10-12H,4-9H2,1H3,(H,24,25,29). The molecule has 4 aliphatic carbocycles. The molecule has 0 aliphatic heterocycles. The fourth-order valence-electron chi connectivity index (χ4n) is 6.10. The minimum absolute atomic E-state index is 0.00531. The van der Waals surface area contributed by atoms with Crippen molar-refractivity contribution in [1.82, 2.24) is 19.6 Å². The molecular weight excluding hydrogens is 407 g/mol. The molecule has 0 radical (unpaired) electrons. The number of hydrogen-bond donors (Lipinski definition) is 1. The summed E-state index contributed by atoms with van der Waals surface area (Å²) in [6.45, 7) is 0. The van der Waals surface area contributed by atoms with Crippen LogP contribution in [0.2, 0.25) is 5.02 Å². The zero-order chi connectivity index (χ0) is 20.6. The Morgan fingerprint density at radius 3 is 2.28 bits per heavy atom. The Morgan fingerprint density at radius 1 is 1.17 bits per heavy atom. The van der Waals surface area contributed by atoms with Crippen LogP contribution in [0.5, 0.6) is 0 Å². The van der Waals surface area contributed by atoms with E-state index in [1.807, 2.05) is 10.9 Å². The molecule has 6 nitrogen and oxygen atoms in total. The van der Waals surface area contributed by atoms with E-state index in [0.717, 1.165) is 41.7 Å². The molecule has 0 spiro atoms. The maximum Gasteiger partial charge on any atom is 0.436 e. The molecule has 0 saturated heterocycles. The summed E-state index contributed by atoms with van der Waals surface area (Å²) in [4.78, 5) is 12.6. The van der Waals surface area contributed by atoms with Crippen LogP contribution in [-0.2, 0) is 18.8 Å². The van der Waals surface area contributed by atoms with Gasteiger partial charge in [-0.2, -0.15) is 23.4 Å². The Kier molecular flexibility index (Phi) is 4.08. The van der Waals surface area contributed by atoms with Crippen molar-refractivity contribution in [3.05, 3.63) is 28.7 Å². The van der Waals surface area contributed by atoms with E-state index in [0.29, 0.717) is 5.82 Å². The SMILES string of the molecule is Cn1nc(C(F)(F)F)c(Cl)c1C(=O)Nc1ccn(C23CC4CC(CC(C4)C2)C3)n1. The highest BCUT2D eigenvalue weighted by atomic mass is 35.5. The van der Waals surface area contributed by atoms with Crippen LogP contribution in [0.1, 0.15) is 54.7 Å². The number of carbonyl (C=O) groups is 1. The smallest absolute Gasteiger partial charge is 0.304 e. The number of rotatable bonds is 3. The lowest BCUT2D eigenvalue weighted by Crippen LogP contribution is -2.52. The largest absolute Gasteiger partial charge is 0.436 e. The van der Waals surface area contributed by atoms with Gasteiger partial charge in [-0.15, -0.1) is 0 Å². The van der Waals surface area contributed by atoms with Crippen LogP contribution < -0.4 is 5.32 Å². The predicted molar refractivity (Wildman–Crippen MR) is 99.5 cm³/mol. The lowest BCUT2D eigenvalue weighted by molar-refractivity contribution is -0.141. The van der Waals surface area contributed by atoms with Gasteiger partial charge in [0.1, 0.15) is 10.7 Å². The molecule has 2 aromatic rings. The number of nitrogens with zero attached hydrogens (tertiary/aromatic N) is 4. The minimum Gasteiger partial charge on any atom is -0.304 e. The third-order valence-electron chi connectivity index (χ3n) is 6.80. The lowest BCUT2D eigenvalue weighted by Gasteiger charge is -2.56. The minimum atomic E-state index is -4.73. The number of anilines is 1. The quantitative estimate of drug-likeness (QED) is 0.786. The zero-order valence-corrected chi connectivity index (χ0v) is 16.6. The second-order valence-corrected chi connectivity index (χ2v) is 9.25. The molecular formula is C19H21ClF3N5O. The summed E-state index contributed by atoms with van der Waals surface area (Å²) in [7, 11) is 1.25. The van der Waals surface area contributed by atoms with Crippen molar-refractivity contribution in [2.24, 2.45) is 24.8 Å². The van der Waals surface area contributed by atoms with Crippen molar-refractivity contribution >= 4 is 23.3 Å². The summed E-state index contributed by atoms with van der Waals surface area (Å²) in [6, 6.07) is 1.69. The van der Waals surface area contributed by atoms with E-state index >= 15 is 0 Å². The van der Waals surface area contributed by atoms with Gasteiger partial charge in [-0.05, 0) is 56.3 Å². The molecule has 0 atom stereocenters. The fourth-order valence-corrected chi connectivity index (χ4v) is 6.45. The van der Waals surface area contributed by atoms with E-state index in [-0.39, 0.29) is 11.2 Å². The topological polar surface area (TPSA) is 64.7 Å². The maximum absolute atomic E-state index is 13.0. The van der Waals surface area contributed by atoms with Gasteiger partial charge in [0.05, 0.1) is 5.54 Å². The van der Waals surface area contributed by atoms with Gasteiger partial charge in [-0.1, -0.05) is 11.6 Å². The van der Waals surface area contributed by atoms with E-state index < -0.39 is 22.8 Å². The number of aromatic nitrogens is 4. The Bertz CT molecular complexity index is 944. The number of nitrogens with one attached hydrogen (secondary N) is 1. The molecule has 4 saturated carbocycles. The summed E-state index contributed by atoms with van der Waals surface area (Å²) < 4.78 is 41.8. The number of halogens is 4. The summed E-state index contributed by atoms with van der Waals surface area (Å²) in [5.41, 5.74) is -1.61. The average molecular weight is 428 g/mol. The summed E-state index contributed by atoms with van der Waals surface area (Å²) >= 11 is 5.80. The molecule has 1 amide bonds. The van der Waals surface area contributed by atoms with Gasteiger partial charge < -0.3 is 5.32 Å². The molecule has 1 N–H and O–H groups in total. The van der Waals surface area contributed by atoms with Gasteiger partial charge in [0.2, 0.25) is 0 Å². The molecule has 4 aliphatic rings. The molecule has 156 valence electrons.